The van der Waals surface area contributed by atoms with Gasteiger partial charge in [0.1, 0.15) is 5.75 Å². The Labute approximate surface area is 324 Å². The summed E-state index contributed by atoms with van der Waals surface area (Å²) < 4.78 is 0. The first kappa shape index (κ1) is 35.6. The summed E-state index contributed by atoms with van der Waals surface area (Å²) in [5.74, 6) is 0.208. The van der Waals surface area contributed by atoms with E-state index in [9.17, 15) is 5.11 Å². The first-order valence-corrected chi connectivity index (χ1v) is 19.7. The van der Waals surface area contributed by atoms with Crippen LogP contribution >= 0.6 is 11.8 Å². The lowest BCUT2D eigenvalue weighted by Gasteiger charge is -2.41. The SMILES string of the molecule is CCC(C)(C)c1cc(-c2cc(-c3cccc(C4(c5ccccn5)c5ccccc5Sc5ccccc54)c3)nc(-c3ccccc3O)c2)cc(C(C)(C)C)c1. The summed E-state index contributed by atoms with van der Waals surface area (Å²) in [7, 11) is 0. The molecule has 0 saturated heterocycles. The fourth-order valence-corrected chi connectivity index (χ4v) is 8.91. The van der Waals surface area contributed by atoms with E-state index in [0.717, 1.165) is 45.8 Å². The molecule has 0 unspecified atom stereocenters. The summed E-state index contributed by atoms with van der Waals surface area (Å²) in [5.41, 5.74) is 11.9. The number of pyridine rings is 2. The minimum atomic E-state index is -0.657. The highest BCUT2D eigenvalue weighted by molar-refractivity contribution is 7.99. The quantitative estimate of drug-likeness (QED) is 0.178. The van der Waals surface area contributed by atoms with Gasteiger partial charge in [-0.3, -0.25) is 4.98 Å². The molecule has 0 spiro atoms. The predicted octanol–water partition coefficient (Wildman–Crippen LogP) is 13.0. The maximum atomic E-state index is 11.1. The molecule has 4 heteroatoms. The molecule has 0 atom stereocenters. The van der Waals surface area contributed by atoms with Gasteiger partial charge in [0.15, 0.2) is 0 Å². The van der Waals surface area contributed by atoms with E-state index in [0.29, 0.717) is 5.56 Å². The van der Waals surface area contributed by atoms with Gasteiger partial charge in [0, 0.05) is 27.1 Å². The number of aromatic hydroxyl groups is 1. The molecule has 0 saturated carbocycles. The third kappa shape index (κ3) is 6.23. The molecule has 1 aliphatic heterocycles. The molecule has 54 heavy (non-hydrogen) atoms. The molecule has 0 aliphatic carbocycles. The number of hydrogen-bond donors (Lipinski definition) is 1. The number of rotatable bonds is 7. The highest BCUT2D eigenvalue weighted by Gasteiger charge is 2.45. The van der Waals surface area contributed by atoms with E-state index in [1.807, 2.05) is 42.2 Å². The highest BCUT2D eigenvalue weighted by atomic mass is 32.2. The van der Waals surface area contributed by atoms with Crippen LogP contribution in [0.4, 0.5) is 0 Å². The standard InChI is InChI=1S/C50H46N2OS/c1-7-49(5,6)38-29-34(28-37(32-38)48(2,3)4)35-30-42(52-43(31-35)39-19-8-11-22-44(39)53)33-17-16-18-36(27-33)50(47-25-14-15-26-51-47)40-20-9-12-23-45(40)54-46-24-13-10-21-41(46)50/h8-32,53H,7H2,1-6H3. The van der Waals surface area contributed by atoms with Crippen molar-refractivity contribution in [2.45, 2.75) is 74.0 Å². The third-order valence-electron chi connectivity index (χ3n) is 11.2. The van der Waals surface area contributed by atoms with Crippen LogP contribution in [-0.4, -0.2) is 15.1 Å². The Kier molecular flexibility index (Phi) is 9.06. The fourth-order valence-electron chi connectivity index (χ4n) is 7.72. The van der Waals surface area contributed by atoms with Gasteiger partial charge >= 0.3 is 0 Å². The Hall–Kier alpha value is -5.45. The van der Waals surface area contributed by atoms with Crippen molar-refractivity contribution in [3.05, 3.63) is 185 Å². The smallest absolute Gasteiger partial charge is 0.124 e. The van der Waals surface area contributed by atoms with E-state index < -0.39 is 5.41 Å². The van der Waals surface area contributed by atoms with Crippen molar-refractivity contribution in [2.24, 2.45) is 0 Å². The molecular formula is C50H46N2OS. The van der Waals surface area contributed by atoms with Gasteiger partial charge in [0.05, 0.1) is 22.5 Å². The monoisotopic (exact) mass is 722 g/mol. The van der Waals surface area contributed by atoms with Gasteiger partial charge in [-0.2, -0.15) is 0 Å². The first-order valence-electron chi connectivity index (χ1n) is 18.9. The third-order valence-corrected chi connectivity index (χ3v) is 12.4. The van der Waals surface area contributed by atoms with Crippen molar-refractivity contribution in [1.82, 2.24) is 9.97 Å². The van der Waals surface area contributed by atoms with Crippen LogP contribution in [0.1, 0.15) is 81.5 Å². The van der Waals surface area contributed by atoms with Crippen molar-refractivity contribution in [1.29, 1.82) is 0 Å². The van der Waals surface area contributed by atoms with Gasteiger partial charge in [0.2, 0.25) is 0 Å². The highest BCUT2D eigenvalue weighted by Crippen LogP contribution is 2.55. The lowest BCUT2D eigenvalue weighted by atomic mass is 9.66. The van der Waals surface area contributed by atoms with Gasteiger partial charge in [-0.25, -0.2) is 4.98 Å². The fraction of sp³-hybridized carbons (Fsp3) is 0.200. The van der Waals surface area contributed by atoms with E-state index in [-0.39, 0.29) is 16.6 Å². The Balaban J connectivity index is 1.40. The van der Waals surface area contributed by atoms with Crippen LogP contribution in [0, 0.1) is 0 Å². The number of nitrogens with zero attached hydrogens (tertiary/aromatic N) is 2. The van der Waals surface area contributed by atoms with E-state index in [1.54, 1.807) is 6.07 Å². The van der Waals surface area contributed by atoms with Crippen LogP contribution in [0.5, 0.6) is 5.75 Å². The zero-order valence-electron chi connectivity index (χ0n) is 31.9. The number of aromatic nitrogens is 2. The van der Waals surface area contributed by atoms with Crippen molar-refractivity contribution >= 4 is 11.8 Å². The average Bonchev–Trinajstić information content (AvgIpc) is 3.20. The largest absolute Gasteiger partial charge is 0.507 e. The van der Waals surface area contributed by atoms with Crippen LogP contribution in [-0.2, 0) is 16.2 Å². The van der Waals surface area contributed by atoms with Crippen molar-refractivity contribution < 1.29 is 5.11 Å². The zero-order chi connectivity index (χ0) is 37.7. The molecule has 2 aromatic heterocycles. The lowest BCUT2D eigenvalue weighted by Crippen LogP contribution is -2.35. The summed E-state index contributed by atoms with van der Waals surface area (Å²) in [6, 6.07) is 51.5. The number of hydrogen-bond acceptors (Lipinski definition) is 4. The maximum Gasteiger partial charge on any atom is 0.124 e. The van der Waals surface area contributed by atoms with Crippen molar-refractivity contribution in [3.63, 3.8) is 0 Å². The van der Waals surface area contributed by atoms with Crippen LogP contribution < -0.4 is 0 Å². The summed E-state index contributed by atoms with van der Waals surface area (Å²) in [6.45, 7) is 13.8. The number of fused-ring (bicyclic) bond motifs is 2. The minimum Gasteiger partial charge on any atom is -0.507 e. The molecule has 0 bridgehead atoms. The van der Waals surface area contributed by atoms with Gasteiger partial charge in [-0.05, 0) is 111 Å². The molecule has 5 aromatic carbocycles. The number of para-hydroxylation sites is 1. The molecule has 7 aromatic rings. The van der Waals surface area contributed by atoms with E-state index >= 15 is 0 Å². The number of benzene rings is 5. The van der Waals surface area contributed by atoms with Crippen molar-refractivity contribution in [2.75, 3.05) is 0 Å². The minimum absolute atomic E-state index is 0.00534. The second-order valence-electron chi connectivity index (χ2n) is 16.1. The van der Waals surface area contributed by atoms with Crippen LogP contribution in [0.25, 0.3) is 33.6 Å². The molecule has 8 rings (SSSR count). The maximum absolute atomic E-state index is 11.1. The molecule has 3 heterocycles. The van der Waals surface area contributed by atoms with Crippen LogP contribution in [0.15, 0.2) is 162 Å². The average molecular weight is 723 g/mol. The van der Waals surface area contributed by atoms with E-state index in [4.69, 9.17) is 9.97 Å². The summed E-state index contributed by atoms with van der Waals surface area (Å²) in [6.07, 6.45) is 2.93. The van der Waals surface area contributed by atoms with Gasteiger partial charge < -0.3 is 5.11 Å². The second kappa shape index (κ2) is 13.8. The molecule has 3 nitrogen and oxygen atoms in total. The Morgan fingerprint density at radius 2 is 1.22 bits per heavy atom. The molecular weight excluding hydrogens is 677 g/mol. The summed E-state index contributed by atoms with van der Waals surface area (Å²) in [4.78, 5) is 12.8. The van der Waals surface area contributed by atoms with Crippen LogP contribution in [0.2, 0.25) is 0 Å². The molecule has 0 fully saturated rings. The molecule has 0 radical (unpaired) electrons. The summed E-state index contributed by atoms with van der Waals surface area (Å²) in [5, 5.41) is 11.1. The molecule has 1 N–H and O–H groups in total. The number of phenols is 1. The van der Waals surface area contributed by atoms with E-state index in [2.05, 4.69) is 157 Å². The molecule has 268 valence electrons. The van der Waals surface area contributed by atoms with Gasteiger partial charge in [0.25, 0.3) is 0 Å². The zero-order valence-corrected chi connectivity index (χ0v) is 32.7. The Bertz CT molecular complexity index is 2450. The predicted molar refractivity (Wildman–Crippen MR) is 224 cm³/mol. The second-order valence-corrected chi connectivity index (χ2v) is 17.2. The Morgan fingerprint density at radius 1 is 0.593 bits per heavy atom. The number of phenolic OH excluding ortho intramolecular Hbond substituents is 1. The molecule has 0 amide bonds. The van der Waals surface area contributed by atoms with Crippen molar-refractivity contribution in [3.8, 4) is 39.4 Å². The Morgan fingerprint density at radius 3 is 1.89 bits per heavy atom. The normalized spacial score (nSPS) is 13.6. The van der Waals surface area contributed by atoms with Gasteiger partial charge in [-0.15, -0.1) is 0 Å². The van der Waals surface area contributed by atoms with E-state index in [1.165, 1.54) is 32.0 Å². The molecule has 1 aliphatic rings. The topological polar surface area (TPSA) is 46.0 Å². The van der Waals surface area contributed by atoms with Crippen LogP contribution in [0.3, 0.4) is 0 Å². The summed E-state index contributed by atoms with van der Waals surface area (Å²) >= 11 is 1.82. The lowest BCUT2D eigenvalue weighted by molar-refractivity contribution is 0.477. The first-order chi connectivity index (χ1) is 26.0. The van der Waals surface area contributed by atoms with Gasteiger partial charge in [-0.1, -0.05) is 144 Å².